The van der Waals surface area contributed by atoms with Gasteiger partial charge in [-0.25, -0.2) is 17.6 Å². The van der Waals surface area contributed by atoms with Gasteiger partial charge in [0.2, 0.25) is 0 Å². The first kappa shape index (κ1) is 11.9. The van der Waals surface area contributed by atoms with E-state index in [9.17, 15) is 22.4 Å². The monoisotopic (exact) mass is 248 g/mol. The van der Waals surface area contributed by atoms with Gasteiger partial charge in [0, 0.05) is 17.0 Å². The molecule has 0 aromatic heterocycles. The molecule has 1 saturated carbocycles. The lowest BCUT2D eigenvalue weighted by Gasteiger charge is -2.15. The summed E-state index contributed by atoms with van der Waals surface area (Å²) >= 11 is 0. The molecular formula is C11H8F4O2. The van der Waals surface area contributed by atoms with Crippen molar-refractivity contribution in [1.29, 1.82) is 0 Å². The van der Waals surface area contributed by atoms with Crippen LogP contribution in [-0.4, -0.2) is 11.1 Å². The van der Waals surface area contributed by atoms with Crippen LogP contribution in [0.25, 0.3) is 0 Å². The van der Waals surface area contributed by atoms with E-state index in [1.54, 1.807) is 0 Å². The van der Waals surface area contributed by atoms with Crippen LogP contribution in [0.4, 0.5) is 17.6 Å². The van der Waals surface area contributed by atoms with Crippen LogP contribution in [0.2, 0.25) is 0 Å². The highest BCUT2D eigenvalue weighted by atomic mass is 19.2. The lowest BCUT2D eigenvalue weighted by Crippen LogP contribution is -2.18. The third kappa shape index (κ3) is 1.87. The number of rotatable bonds is 3. The molecule has 1 aliphatic carbocycles. The normalized spacial score (nSPS) is 16.9. The highest BCUT2D eigenvalue weighted by Gasteiger charge is 2.50. The Morgan fingerprint density at radius 2 is 1.65 bits per heavy atom. The van der Waals surface area contributed by atoms with Crippen molar-refractivity contribution < 1.29 is 27.5 Å². The van der Waals surface area contributed by atoms with E-state index in [1.807, 2.05) is 0 Å². The Balaban J connectivity index is 2.55. The molecule has 0 heterocycles. The molecule has 1 fully saturated rings. The number of benzene rings is 1. The molecule has 2 nitrogen and oxygen atoms in total. The lowest BCUT2D eigenvalue weighted by atomic mass is 9.91. The standard InChI is InChI=1S/C11H8F4O2/c12-5-3-6(13)10(15)8(9(5)14)11(1-2-11)4-7(16)17/h3H,1-2,4H2,(H,16,17). The average molecular weight is 248 g/mol. The van der Waals surface area contributed by atoms with Gasteiger partial charge in [-0.1, -0.05) is 0 Å². The van der Waals surface area contributed by atoms with Crippen LogP contribution in [0.3, 0.4) is 0 Å². The third-order valence-corrected chi connectivity index (χ3v) is 2.99. The van der Waals surface area contributed by atoms with E-state index in [0.29, 0.717) is 0 Å². The summed E-state index contributed by atoms with van der Waals surface area (Å²) in [5, 5.41) is 8.64. The van der Waals surface area contributed by atoms with Crippen molar-refractivity contribution in [3.63, 3.8) is 0 Å². The molecule has 2 rings (SSSR count). The van der Waals surface area contributed by atoms with Gasteiger partial charge in [-0.3, -0.25) is 4.79 Å². The number of halogens is 4. The van der Waals surface area contributed by atoms with Crippen LogP contribution < -0.4 is 0 Å². The summed E-state index contributed by atoms with van der Waals surface area (Å²) in [5.41, 5.74) is -2.08. The van der Waals surface area contributed by atoms with Crippen LogP contribution in [0.5, 0.6) is 0 Å². The molecule has 1 aromatic carbocycles. The van der Waals surface area contributed by atoms with E-state index in [0.717, 1.165) is 0 Å². The molecule has 6 heteroatoms. The number of hydrogen-bond donors (Lipinski definition) is 1. The molecule has 0 saturated heterocycles. The summed E-state index contributed by atoms with van der Waals surface area (Å²) in [4.78, 5) is 10.6. The van der Waals surface area contributed by atoms with Crippen LogP contribution in [0, 0.1) is 23.3 Å². The van der Waals surface area contributed by atoms with Crippen molar-refractivity contribution in [3.05, 3.63) is 34.9 Å². The maximum Gasteiger partial charge on any atom is 0.304 e. The quantitative estimate of drug-likeness (QED) is 0.659. The van der Waals surface area contributed by atoms with Gasteiger partial charge < -0.3 is 5.11 Å². The second-order valence-corrected chi connectivity index (χ2v) is 4.19. The van der Waals surface area contributed by atoms with Gasteiger partial charge in [-0.15, -0.1) is 0 Å². The van der Waals surface area contributed by atoms with Crippen molar-refractivity contribution in [3.8, 4) is 0 Å². The molecule has 0 unspecified atom stereocenters. The van der Waals surface area contributed by atoms with Crippen molar-refractivity contribution in [2.75, 3.05) is 0 Å². The Hall–Kier alpha value is -1.59. The van der Waals surface area contributed by atoms with Crippen molar-refractivity contribution in [2.45, 2.75) is 24.7 Å². The van der Waals surface area contributed by atoms with Gasteiger partial charge in [0.1, 0.15) is 0 Å². The van der Waals surface area contributed by atoms with Crippen LogP contribution in [-0.2, 0) is 10.2 Å². The summed E-state index contributed by atoms with van der Waals surface area (Å²) in [6, 6.07) is 0.116. The number of carboxylic acid groups (broad SMARTS) is 1. The molecule has 1 aliphatic rings. The number of carbonyl (C=O) groups is 1. The minimum atomic E-state index is -1.50. The van der Waals surface area contributed by atoms with E-state index >= 15 is 0 Å². The zero-order valence-corrected chi connectivity index (χ0v) is 8.57. The highest BCUT2D eigenvalue weighted by molar-refractivity contribution is 5.70. The molecule has 17 heavy (non-hydrogen) atoms. The van der Waals surface area contributed by atoms with E-state index in [2.05, 4.69) is 0 Å². The Morgan fingerprint density at radius 1 is 1.18 bits per heavy atom. The minimum absolute atomic E-state index is 0.116. The van der Waals surface area contributed by atoms with Gasteiger partial charge in [0.05, 0.1) is 6.42 Å². The molecule has 0 bridgehead atoms. The molecule has 0 aliphatic heterocycles. The Morgan fingerprint density at radius 3 is 2.00 bits per heavy atom. The summed E-state index contributed by atoms with van der Waals surface area (Å²) < 4.78 is 52.9. The van der Waals surface area contributed by atoms with Gasteiger partial charge >= 0.3 is 5.97 Å². The van der Waals surface area contributed by atoms with E-state index in [-0.39, 0.29) is 18.9 Å². The third-order valence-electron chi connectivity index (χ3n) is 2.99. The van der Waals surface area contributed by atoms with Crippen LogP contribution in [0.15, 0.2) is 6.07 Å². The predicted molar refractivity (Wildman–Crippen MR) is 49.4 cm³/mol. The summed E-state index contributed by atoms with van der Waals surface area (Å²) in [7, 11) is 0. The van der Waals surface area contributed by atoms with Crippen molar-refractivity contribution in [1.82, 2.24) is 0 Å². The predicted octanol–water partition coefficient (Wildman–Crippen LogP) is 2.75. The van der Waals surface area contributed by atoms with Gasteiger partial charge in [0.15, 0.2) is 23.3 Å². The molecule has 0 atom stereocenters. The summed E-state index contributed by atoms with van der Waals surface area (Å²) in [6.07, 6.45) is -0.129. The lowest BCUT2D eigenvalue weighted by molar-refractivity contribution is -0.137. The van der Waals surface area contributed by atoms with Crippen LogP contribution >= 0.6 is 0 Å². The molecule has 0 spiro atoms. The maximum absolute atomic E-state index is 13.5. The maximum atomic E-state index is 13.5. The zero-order chi connectivity index (χ0) is 12.8. The fourth-order valence-corrected chi connectivity index (χ4v) is 1.99. The first-order valence-corrected chi connectivity index (χ1v) is 4.93. The first-order valence-electron chi connectivity index (χ1n) is 4.93. The van der Waals surface area contributed by atoms with Gasteiger partial charge in [0.25, 0.3) is 0 Å². The van der Waals surface area contributed by atoms with E-state index < -0.39 is 46.6 Å². The Labute approximate surface area is 93.9 Å². The first-order chi connectivity index (χ1) is 7.87. The van der Waals surface area contributed by atoms with Gasteiger partial charge in [-0.2, -0.15) is 0 Å². The summed E-state index contributed by atoms with van der Waals surface area (Å²) in [6.45, 7) is 0. The summed E-state index contributed by atoms with van der Waals surface area (Å²) in [5.74, 6) is -7.26. The SMILES string of the molecule is O=C(O)CC1(c2c(F)c(F)cc(F)c2F)CC1. The molecule has 0 amide bonds. The fourth-order valence-electron chi connectivity index (χ4n) is 1.99. The number of carboxylic acids is 1. The topological polar surface area (TPSA) is 37.3 Å². The second kappa shape index (κ2) is 3.72. The average Bonchev–Trinajstić information content (AvgIpc) is 2.95. The van der Waals surface area contributed by atoms with E-state index in [1.165, 1.54) is 0 Å². The number of aliphatic carboxylic acids is 1. The Kier molecular flexibility index (Phi) is 2.60. The minimum Gasteiger partial charge on any atom is -0.481 e. The fraction of sp³-hybridized carbons (Fsp3) is 0.364. The largest absolute Gasteiger partial charge is 0.481 e. The molecule has 1 N–H and O–H groups in total. The van der Waals surface area contributed by atoms with Crippen molar-refractivity contribution >= 4 is 5.97 Å². The van der Waals surface area contributed by atoms with Gasteiger partial charge in [-0.05, 0) is 12.8 Å². The van der Waals surface area contributed by atoms with Crippen molar-refractivity contribution in [2.24, 2.45) is 0 Å². The van der Waals surface area contributed by atoms with Crippen LogP contribution in [0.1, 0.15) is 24.8 Å². The molecular weight excluding hydrogens is 240 g/mol. The second-order valence-electron chi connectivity index (χ2n) is 4.19. The highest BCUT2D eigenvalue weighted by Crippen LogP contribution is 2.53. The Bertz CT molecular complexity index is 468. The molecule has 1 aromatic rings. The number of hydrogen-bond acceptors (Lipinski definition) is 1. The molecule has 0 radical (unpaired) electrons. The van der Waals surface area contributed by atoms with E-state index in [4.69, 9.17) is 5.11 Å². The smallest absolute Gasteiger partial charge is 0.304 e. The zero-order valence-electron chi connectivity index (χ0n) is 8.57. The molecule has 92 valence electrons.